The second kappa shape index (κ2) is 5.50. The van der Waals surface area contributed by atoms with Crippen LogP contribution in [0.4, 0.5) is 5.69 Å². The number of nitrogens with one attached hydrogen (secondary N) is 2. The highest BCUT2D eigenvalue weighted by Gasteiger charge is 2.21. The smallest absolute Gasteiger partial charge is 0.199 e. The van der Waals surface area contributed by atoms with E-state index in [0.29, 0.717) is 23.6 Å². The number of aromatic amines is 2. The van der Waals surface area contributed by atoms with Crippen molar-refractivity contribution < 1.29 is 9.84 Å². The summed E-state index contributed by atoms with van der Waals surface area (Å²) in [5.74, 6) is -0.00368. The molecule has 0 saturated heterocycles. The summed E-state index contributed by atoms with van der Waals surface area (Å²) >= 11 is 0. The first-order chi connectivity index (χ1) is 11.7. The molecule has 120 valence electrons. The summed E-state index contributed by atoms with van der Waals surface area (Å²) in [6.07, 6.45) is 0. The number of nitroso groups, excluding NO2 is 1. The highest BCUT2D eigenvalue weighted by atomic mass is 16.5. The molecular weight excluding hydrogens is 306 g/mol. The van der Waals surface area contributed by atoms with Crippen molar-refractivity contribution in [1.82, 2.24) is 9.97 Å². The van der Waals surface area contributed by atoms with Crippen LogP contribution in [0, 0.1) is 4.91 Å². The Labute approximate surface area is 137 Å². The van der Waals surface area contributed by atoms with Crippen molar-refractivity contribution in [3.63, 3.8) is 0 Å². The summed E-state index contributed by atoms with van der Waals surface area (Å²) in [6, 6.07) is 13.2. The molecule has 2 aromatic heterocycles. The van der Waals surface area contributed by atoms with Crippen LogP contribution in [0.1, 0.15) is 5.56 Å². The second-order valence-electron chi connectivity index (χ2n) is 5.65. The Morgan fingerprint density at radius 1 is 1.08 bits per heavy atom. The zero-order valence-corrected chi connectivity index (χ0v) is 13.0. The van der Waals surface area contributed by atoms with Crippen LogP contribution in [0.2, 0.25) is 0 Å². The number of ether oxygens (including phenoxy) is 1. The lowest BCUT2D eigenvalue weighted by Gasteiger charge is -2.02. The van der Waals surface area contributed by atoms with Crippen molar-refractivity contribution in [2.24, 2.45) is 5.18 Å². The number of aromatic hydroxyl groups is 1. The van der Waals surface area contributed by atoms with E-state index in [0.717, 1.165) is 27.4 Å². The van der Waals surface area contributed by atoms with Crippen molar-refractivity contribution in [1.29, 1.82) is 0 Å². The van der Waals surface area contributed by atoms with Crippen LogP contribution < -0.4 is 0 Å². The number of hydrogen-bond acceptors (Lipinski definition) is 4. The van der Waals surface area contributed by atoms with Crippen LogP contribution in [0.5, 0.6) is 5.88 Å². The van der Waals surface area contributed by atoms with Crippen LogP contribution in [-0.4, -0.2) is 22.2 Å². The number of benzene rings is 2. The van der Waals surface area contributed by atoms with Gasteiger partial charge in [0.15, 0.2) is 5.88 Å². The third-order valence-electron chi connectivity index (χ3n) is 4.17. The Hall–Kier alpha value is -3.12. The molecule has 0 saturated carbocycles. The van der Waals surface area contributed by atoms with Gasteiger partial charge < -0.3 is 19.8 Å². The standard InChI is InChI=1S/C18H15N3O3/c1-24-9-10-6-7-14-12(8-10)15(18(22)20-14)17-16(21-23)11-4-2-3-5-13(11)19-17/h2-8,19-20,22H,9H2,1H3. The number of rotatable bonds is 4. The Kier molecular flexibility index (Phi) is 3.32. The van der Waals surface area contributed by atoms with Gasteiger partial charge in [0, 0.05) is 28.9 Å². The molecule has 2 heterocycles. The molecule has 6 nitrogen and oxygen atoms in total. The monoisotopic (exact) mass is 321 g/mol. The van der Waals surface area contributed by atoms with Crippen LogP contribution in [0.3, 0.4) is 0 Å². The van der Waals surface area contributed by atoms with E-state index >= 15 is 0 Å². The SMILES string of the molecule is COCc1ccc2[nH]c(O)c(-c3[nH]c4ccccc4c3N=O)c2c1. The lowest BCUT2D eigenvalue weighted by molar-refractivity contribution is 0.185. The molecule has 4 aromatic rings. The molecule has 0 bridgehead atoms. The molecule has 0 aliphatic heterocycles. The van der Waals surface area contributed by atoms with E-state index in [-0.39, 0.29) is 5.88 Å². The number of fused-ring (bicyclic) bond motifs is 2. The maximum absolute atomic E-state index is 11.4. The molecule has 4 rings (SSSR count). The Bertz CT molecular complexity index is 1060. The minimum absolute atomic E-state index is 0.00368. The summed E-state index contributed by atoms with van der Waals surface area (Å²) in [7, 11) is 1.63. The van der Waals surface area contributed by atoms with E-state index in [2.05, 4.69) is 15.1 Å². The van der Waals surface area contributed by atoms with Gasteiger partial charge in [-0.05, 0) is 28.9 Å². The van der Waals surface area contributed by atoms with Gasteiger partial charge in [-0.1, -0.05) is 24.3 Å². The number of nitrogens with zero attached hydrogens (tertiary/aromatic N) is 1. The molecule has 0 fully saturated rings. The van der Waals surface area contributed by atoms with Gasteiger partial charge >= 0.3 is 0 Å². The van der Waals surface area contributed by atoms with Gasteiger partial charge in [-0.2, -0.15) is 0 Å². The van der Waals surface area contributed by atoms with Gasteiger partial charge in [-0.3, -0.25) is 0 Å². The maximum atomic E-state index is 11.4. The summed E-state index contributed by atoms with van der Waals surface area (Å²) in [5.41, 5.74) is 3.88. The zero-order chi connectivity index (χ0) is 16.7. The third-order valence-corrected chi connectivity index (χ3v) is 4.17. The van der Waals surface area contributed by atoms with Gasteiger partial charge in [0.1, 0.15) is 5.69 Å². The van der Waals surface area contributed by atoms with Crippen molar-refractivity contribution in [2.45, 2.75) is 6.61 Å². The summed E-state index contributed by atoms with van der Waals surface area (Å²) in [6.45, 7) is 0.465. The molecule has 0 atom stereocenters. The van der Waals surface area contributed by atoms with Gasteiger partial charge in [-0.15, -0.1) is 4.91 Å². The first kappa shape index (κ1) is 14.5. The molecule has 2 aromatic carbocycles. The summed E-state index contributed by atoms with van der Waals surface area (Å²) in [5, 5.41) is 15.1. The molecular formula is C18H15N3O3. The predicted octanol–water partition coefficient (Wildman–Crippen LogP) is 4.57. The lowest BCUT2D eigenvalue weighted by atomic mass is 10.1. The van der Waals surface area contributed by atoms with Gasteiger partial charge in [-0.25, -0.2) is 0 Å². The van der Waals surface area contributed by atoms with Crippen molar-refractivity contribution in [3.8, 4) is 17.1 Å². The fourth-order valence-electron chi connectivity index (χ4n) is 3.14. The van der Waals surface area contributed by atoms with E-state index in [9.17, 15) is 10.0 Å². The van der Waals surface area contributed by atoms with Crippen LogP contribution >= 0.6 is 0 Å². The highest BCUT2D eigenvalue weighted by Crippen LogP contribution is 2.44. The maximum Gasteiger partial charge on any atom is 0.199 e. The van der Waals surface area contributed by atoms with E-state index < -0.39 is 0 Å². The molecule has 0 amide bonds. The number of H-pyrrole nitrogens is 2. The van der Waals surface area contributed by atoms with E-state index in [1.54, 1.807) is 7.11 Å². The molecule has 0 aliphatic rings. The van der Waals surface area contributed by atoms with Crippen LogP contribution in [0.15, 0.2) is 47.6 Å². The molecule has 3 N–H and O–H groups in total. The Balaban J connectivity index is 2.04. The Morgan fingerprint density at radius 2 is 1.88 bits per heavy atom. The van der Waals surface area contributed by atoms with Crippen molar-refractivity contribution in [2.75, 3.05) is 7.11 Å². The predicted molar refractivity (Wildman–Crippen MR) is 93.4 cm³/mol. The van der Waals surface area contributed by atoms with Crippen LogP contribution in [-0.2, 0) is 11.3 Å². The number of aromatic nitrogens is 2. The summed E-state index contributed by atoms with van der Waals surface area (Å²) < 4.78 is 5.17. The molecule has 24 heavy (non-hydrogen) atoms. The van der Waals surface area contributed by atoms with E-state index in [4.69, 9.17) is 4.74 Å². The number of hydrogen-bond donors (Lipinski definition) is 3. The minimum Gasteiger partial charge on any atom is -0.494 e. The molecule has 6 heteroatoms. The minimum atomic E-state index is -0.00368. The summed E-state index contributed by atoms with van der Waals surface area (Å²) in [4.78, 5) is 17.6. The fraction of sp³-hybridized carbons (Fsp3) is 0.111. The second-order valence-corrected chi connectivity index (χ2v) is 5.65. The average Bonchev–Trinajstić information content (AvgIpc) is 3.10. The fourth-order valence-corrected chi connectivity index (χ4v) is 3.14. The molecule has 0 spiro atoms. The van der Waals surface area contributed by atoms with E-state index in [1.165, 1.54) is 0 Å². The normalized spacial score (nSPS) is 11.4. The first-order valence-corrected chi connectivity index (χ1v) is 7.50. The van der Waals surface area contributed by atoms with Gasteiger partial charge in [0.2, 0.25) is 0 Å². The van der Waals surface area contributed by atoms with Gasteiger partial charge in [0.25, 0.3) is 0 Å². The molecule has 0 aliphatic carbocycles. The lowest BCUT2D eigenvalue weighted by Crippen LogP contribution is -1.86. The highest BCUT2D eigenvalue weighted by molar-refractivity contribution is 6.07. The molecule has 0 unspecified atom stereocenters. The van der Waals surface area contributed by atoms with E-state index in [1.807, 2.05) is 42.5 Å². The number of para-hydroxylation sites is 1. The number of methoxy groups -OCH3 is 1. The average molecular weight is 321 g/mol. The van der Waals surface area contributed by atoms with Gasteiger partial charge in [0.05, 0.1) is 17.9 Å². The quantitative estimate of drug-likeness (QED) is 0.481. The first-order valence-electron chi connectivity index (χ1n) is 7.50. The molecule has 0 radical (unpaired) electrons. The van der Waals surface area contributed by atoms with Crippen molar-refractivity contribution in [3.05, 3.63) is 52.9 Å². The van der Waals surface area contributed by atoms with Crippen molar-refractivity contribution >= 4 is 27.5 Å². The zero-order valence-electron chi connectivity index (χ0n) is 13.0. The van der Waals surface area contributed by atoms with Crippen LogP contribution in [0.25, 0.3) is 33.1 Å². The topological polar surface area (TPSA) is 90.5 Å². The largest absolute Gasteiger partial charge is 0.494 e. The Morgan fingerprint density at radius 3 is 2.67 bits per heavy atom. The third kappa shape index (κ3) is 2.08.